The number of aromatic nitrogens is 2. The zero-order valence-electron chi connectivity index (χ0n) is 14.8. The average molecular weight is 375 g/mol. The fraction of sp³-hybridized carbons (Fsp3) is 0.368. The Morgan fingerprint density at radius 2 is 1.93 bits per heavy atom. The molecule has 0 aliphatic carbocycles. The fourth-order valence-electron chi connectivity index (χ4n) is 3.41. The molecular weight excluding hydrogens is 356 g/mol. The summed E-state index contributed by atoms with van der Waals surface area (Å²) >= 11 is 0. The number of benzene rings is 1. The number of nitrogens with zero attached hydrogens (tertiary/aromatic N) is 2. The molecule has 0 atom stereocenters. The van der Waals surface area contributed by atoms with Crippen LogP contribution in [0.1, 0.15) is 46.2 Å². The molecule has 1 aromatic carbocycles. The van der Waals surface area contributed by atoms with Crippen molar-refractivity contribution in [2.45, 2.75) is 32.1 Å². The van der Waals surface area contributed by atoms with Crippen molar-refractivity contribution in [3.63, 3.8) is 0 Å². The topological polar surface area (TPSA) is 83.1 Å². The van der Waals surface area contributed by atoms with Gasteiger partial charge in [-0.2, -0.15) is 0 Å². The third kappa shape index (κ3) is 3.94. The summed E-state index contributed by atoms with van der Waals surface area (Å²) in [5.74, 6) is -1.54. The first-order chi connectivity index (χ1) is 12.9. The summed E-state index contributed by atoms with van der Waals surface area (Å²) in [4.78, 5) is 43.9. The molecule has 0 bridgehead atoms. The first-order valence-corrected chi connectivity index (χ1v) is 8.67. The van der Waals surface area contributed by atoms with Crippen molar-refractivity contribution < 1.29 is 18.4 Å². The van der Waals surface area contributed by atoms with E-state index in [-0.39, 0.29) is 29.4 Å². The van der Waals surface area contributed by atoms with Gasteiger partial charge in [0.1, 0.15) is 23.0 Å². The first kappa shape index (κ1) is 18.9. The Balaban J connectivity index is 1.70. The van der Waals surface area contributed by atoms with Gasteiger partial charge in [-0.15, -0.1) is 0 Å². The molecule has 8 heteroatoms. The molecule has 27 heavy (non-hydrogen) atoms. The van der Waals surface area contributed by atoms with Gasteiger partial charge in [0, 0.05) is 24.6 Å². The van der Waals surface area contributed by atoms with Crippen molar-refractivity contribution in [2.24, 2.45) is 0 Å². The Morgan fingerprint density at radius 3 is 2.52 bits per heavy atom. The van der Waals surface area contributed by atoms with Crippen LogP contribution in [0, 0.1) is 18.6 Å². The van der Waals surface area contributed by atoms with Crippen LogP contribution in [0.2, 0.25) is 0 Å². The summed E-state index contributed by atoms with van der Waals surface area (Å²) in [6.07, 6.45) is 1.19. The summed E-state index contributed by atoms with van der Waals surface area (Å²) < 4.78 is 27.5. The van der Waals surface area contributed by atoms with E-state index in [4.69, 9.17) is 0 Å². The van der Waals surface area contributed by atoms with Gasteiger partial charge in [0.2, 0.25) is 5.91 Å². The van der Waals surface area contributed by atoms with Gasteiger partial charge in [-0.1, -0.05) is 6.07 Å². The van der Waals surface area contributed by atoms with Gasteiger partial charge in [0.15, 0.2) is 6.29 Å². The minimum Gasteiger partial charge on any atom is -0.342 e. The van der Waals surface area contributed by atoms with Crippen LogP contribution >= 0.6 is 0 Å². The second-order valence-corrected chi connectivity index (χ2v) is 6.60. The number of aldehydes is 1. The van der Waals surface area contributed by atoms with Crippen molar-refractivity contribution in [2.75, 3.05) is 13.1 Å². The molecule has 1 aliphatic heterocycles. The number of amides is 1. The molecule has 2 heterocycles. The number of aromatic amines is 1. The minimum atomic E-state index is -0.739. The highest BCUT2D eigenvalue weighted by atomic mass is 19.1. The van der Waals surface area contributed by atoms with Crippen LogP contribution in [0.4, 0.5) is 8.78 Å². The lowest BCUT2D eigenvalue weighted by molar-refractivity contribution is -0.131. The maximum absolute atomic E-state index is 13.7. The van der Waals surface area contributed by atoms with Crippen molar-refractivity contribution in [3.8, 4) is 0 Å². The Labute approximate surface area is 154 Å². The number of piperidine rings is 1. The van der Waals surface area contributed by atoms with Crippen molar-refractivity contribution >= 4 is 12.2 Å². The van der Waals surface area contributed by atoms with Crippen LogP contribution in [0.25, 0.3) is 0 Å². The monoisotopic (exact) mass is 375 g/mol. The smallest absolute Gasteiger partial charge is 0.261 e. The molecule has 0 radical (unpaired) electrons. The Bertz CT molecular complexity index is 914. The number of aryl methyl sites for hydroxylation is 1. The van der Waals surface area contributed by atoms with E-state index in [0.717, 1.165) is 12.1 Å². The highest BCUT2D eigenvalue weighted by molar-refractivity contribution is 5.79. The van der Waals surface area contributed by atoms with Crippen molar-refractivity contribution in [1.82, 2.24) is 14.9 Å². The molecule has 3 rings (SSSR count). The van der Waals surface area contributed by atoms with Crippen LogP contribution in [0.15, 0.2) is 23.0 Å². The molecule has 1 N–H and O–H groups in total. The first-order valence-electron chi connectivity index (χ1n) is 8.67. The Hall–Kier alpha value is -2.90. The van der Waals surface area contributed by atoms with Gasteiger partial charge in [0.05, 0.1) is 12.1 Å². The predicted molar refractivity (Wildman–Crippen MR) is 93.6 cm³/mol. The number of halogens is 2. The molecule has 0 unspecified atom stereocenters. The molecule has 1 amide bonds. The lowest BCUT2D eigenvalue weighted by Crippen LogP contribution is -2.39. The zero-order valence-corrected chi connectivity index (χ0v) is 14.8. The molecule has 142 valence electrons. The van der Waals surface area contributed by atoms with Crippen LogP contribution < -0.4 is 5.56 Å². The summed E-state index contributed by atoms with van der Waals surface area (Å²) in [7, 11) is 0. The molecule has 1 aromatic heterocycles. The number of carbonyl (C=O) groups excluding carboxylic acids is 2. The molecule has 1 aliphatic rings. The van der Waals surface area contributed by atoms with E-state index in [9.17, 15) is 23.2 Å². The lowest BCUT2D eigenvalue weighted by atomic mass is 9.90. The molecular formula is C19H19F2N3O3. The molecule has 1 saturated heterocycles. The van der Waals surface area contributed by atoms with Gasteiger partial charge in [0.25, 0.3) is 5.56 Å². The minimum absolute atomic E-state index is 0.0128. The number of H-pyrrole nitrogens is 1. The molecule has 2 aromatic rings. The van der Waals surface area contributed by atoms with Crippen molar-refractivity contribution in [3.05, 3.63) is 62.8 Å². The second kappa shape index (κ2) is 7.77. The summed E-state index contributed by atoms with van der Waals surface area (Å²) in [6, 6.07) is 3.50. The van der Waals surface area contributed by atoms with E-state index in [0.29, 0.717) is 43.7 Å². The number of nitrogens with one attached hydrogen (secondary N) is 1. The standard InChI is InChI=1S/C19H19F2N3O3/c1-11-22-18(14(10-25)19(27)23-11)12-5-7-24(8-6-12)17(26)9-13-15(20)3-2-4-16(13)21/h2-4,10,12H,5-9H2,1H3,(H,22,23,27). The summed E-state index contributed by atoms with van der Waals surface area (Å²) in [6.45, 7) is 2.37. The average Bonchev–Trinajstić information content (AvgIpc) is 2.64. The predicted octanol–water partition coefficient (Wildman–Crippen LogP) is 2.12. The van der Waals surface area contributed by atoms with Gasteiger partial charge >= 0.3 is 0 Å². The Morgan fingerprint density at radius 1 is 1.30 bits per heavy atom. The van der Waals surface area contributed by atoms with Crippen LogP contribution in [-0.4, -0.2) is 40.2 Å². The highest BCUT2D eigenvalue weighted by Crippen LogP contribution is 2.28. The molecule has 0 saturated carbocycles. The van der Waals surface area contributed by atoms with Crippen LogP contribution in [0.3, 0.4) is 0 Å². The number of rotatable bonds is 4. The molecule has 0 spiro atoms. The summed E-state index contributed by atoms with van der Waals surface area (Å²) in [5.41, 5.74) is -0.252. The fourth-order valence-corrected chi connectivity index (χ4v) is 3.41. The van der Waals surface area contributed by atoms with E-state index >= 15 is 0 Å². The molecule has 6 nitrogen and oxygen atoms in total. The van der Waals surface area contributed by atoms with E-state index in [1.54, 1.807) is 11.8 Å². The third-order valence-corrected chi connectivity index (χ3v) is 4.85. The van der Waals surface area contributed by atoms with E-state index in [1.807, 2.05) is 0 Å². The SMILES string of the molecule is Cc1nc(C2CCN(C(=O)Cc3c(F)cccc3F)CC2)c(C=O)c(=O)[nH]1. The van der Waals surface area contributed by atoms with Crippen LogP contribution in [0.5, 0.6) is 0 Å². The third-order valence-electron chi connectivity index (χ3n) is 4.85. The van der Waals surface area contributed by atoms with E-state index in [1.165, 1.54) is 6.07 Å². The van der Waals surface area contributed by atoms with Gasteiger partial charge in [-0.25, -0.2) is 13.8 Å². The van der Waals surface area contributed by atoms with Gasteiger partial charge < -0.3 is 9.88 Å². The molecule has 1 fully saturated rings. The quantitative estimate of drug-likeness (QED) is 0.830. The maximum Gasteiger partial charge on any atom is 0.261 e. The zero-order chi connectivity index (χ0) is 19.6. The number of carbonyl (C=O) groups is 2. The number of likely N-dealkylation sites (tertiary alicyclic amines) is 1. The Kier molecular flexibility index (Phi) is 5.43. The maximum atomic E-state index is 13.7. The number of hydrogen-bond acceptors (Lipinski definition) is 4. The van der Waals surface area contributed by atoms with Crippen molar-refractivity contribution in [1.29, 1.82) is 0 Å². The number of hydrogen-bond donors (Lipinski definition) is 1. The van der Waals surface area contributed by atoms with Crippen LogP contribution in [-0.2, 0) is 11.2 Å². The second-order valence-electron chi connectivity index (χ2n) is 6.60. The van der Waals surface area contributed by atoms with E-state index < -0.39 is 17.2 Å². The van der Waals surface area contributed by atoms with Gasteiger partial charge in [-0.3, -0.25) is 14.4 Å². The normalized spacial score (nSPS) is 15.0. The summed E-state index contributed by atoms with van der Waals surface area (Å²) in [5, 5.41) is 0. The lowest BCUT2D eigenvalue weighted by Gasteiger charge is -2.32. The van der Waals surface area contributed by atoms with Gasteiger partial charge in [-0.05, 0) is 31.9 Å². The highest BCUT2D eigenvalue weighted by Gasteiger charge is 2.28. The largest absolute Gasteiger partial charge is 0.342 e. The van der Waals surface area contributed by atoms with E-state index in [2.05, 4.69) is 9.97 Å².